The van der Waals surface area contributed by atoms with Gasteiger partial charge in [0.25, 0.3) is 0 Å². The molecule has 0 saturated carbocycles. The van der Waals surface area contributed by atoms with Crippen molar-refractivity contribution in [2.75, 3.05) is 12.9 Å². The van der Waals surface area contributed by atoms with E-state index < -0.39 is 0 Å². The van der Waals surface area contributed by atoms with Crippen molar-refractivity contribution in [1.82, 2.24) is 14.8 Å². The molecule has 3 aromatic rings. The van der Waals surface area contributed by atoms with Gasteiger partial charge < -0.3 is 14.0 Å². The zero-order chi connectivity index (χ0) is 19.2. The van der Waals surface area contributed by atoms with Crippen LogP contribution < -0.4 is 9.47 Å². The molecule has 1 heterocycles. The van der Waals surface area contributed by atoms with Gasteiger partial charge in [-0.1, -0.05) is 48.2 Å². The lowest BCUT2D eigenvalue weighted by Gasteiger charge is -2.14. The fourth-order valence-corrected chi connectivity index (χ4v) is 3.39. The molecule has 1 unspecified atom stereocenters. The quantitative estimate of drug-likeness (QED) is 0.434. The number of benzene rings is 2. The first-order valence-electron chi connectivity index (χ1n) is 8.49. The number of ether oxygens (including phenoxy) is 2. The highest BCUT2D eigenvalue weighted by Gasteiger charge is 2.18. The average Bonchev–Trinajstić information content (AvgIpc) is 3.07. The molecule has 140 valence electrons. The summed E-state index contributed by atoms with van der Waals surface area (Å²) in [7, 11) is 3.49. The summed E-state index contributed by atoms with van der Waals surface area (Å²) in [5.74, 6) is 2.48. The van der Waals surface area contributed by atoms with E-state index in [1.54, 1.807) is 7.11 Å². The van der Waals surface area contributed by atoms with Crippen LogP contribution in [0.25, 0.3) is 0 Å². The number of hydrogen-bond acceptors (Lipinski definition) is 6. The van der Waals surface area contributed by atoms with Gasteiger partial charge >= 0.3 is 0 Å². The fraction of sp³-hybridized carbons (Fsp3) is 0.250. The third-order valence-electron chi connectivity index (χ3n) is 4.01. The summed E-state index contributed by atoms with van der Waals surface area (Å²) in [5.41, 5.74) is 0.696. The van der Waals surface area contributed by atoms with Crippen molar-refractivity contribution in [3.63, 3.8) is 0 Å². The normalized spacial score (nSPS) is 11.8. The van der Waals surface area contributed by atoms with Gasteiger partial charge in [0.2, 0.25) is 0 Å². The Kier molecular flexibility index (Phi) is 6.13. The predicted octanol–water partition coefficient (Wildman–Crippen LogP) is 3.94. The Balaban J connectivity index is 1.64. The summed E-state index contributed by atoms with van der Waals surface area (Å²) in [6.45, 7) is 1.91. The van der Waals surface area contributed by atoms with Crippen LogP contribution in [-0.4, -0.2) is 33.4 Å². The maximum absolute atomic E-state index is 12.3. The van der Waals surface area contributed by atoms with E-state index in [1.165, 1.54) is 11.8 Å². The van der Waals surface area contributed by atoms with E-state index in [9.17, 15) is 4.79 Å². The first-order chi connectivity index (χ1) is 13.1. The molecule has 7 heteroatoms. The molecule has 27 heavy (non-hydrogen) atoms. The molecule has 0 bridgehead atoms. The molecule has 0 amide bonds. The molecule has 0 aliphatic heterocycles. The minimum atomic E-state index is -0.297. The molecule has 0 spiro atoms. The van der Waals surface area contributed by atoms with Gasteiger partial charge in [-0.2, -0.15) is 0 Å². The molecule has 0 radical (unpaired) electrons. The number of carbonyl (C=O) groups excluding carboxylic acids is 1. The SMILES string of the molecule is COc1cccc(OC(C)c2nnc(SCC(=O)c3ccccc3)n2C)c1. The number of carbonyl (C=O) groups is 1. The van der Waals surface area contributed by atoms with Gasteiger partial charge in [-0.15, -0.1) is 10.2 Å². The Labute approximate surface area is 162 Å². The second-order valence-corrected chi connectivity index (χ2v) is 6.86. The summed E-state index contributed by atoms with van der Waals surface area (Å²) in [6, 6.07) is 16.6. The number of methoxy groups -OCH3 is 1. The minimum Gasteiger partial charge on any atom is -0.497 e. The second kappa shape index (κ2) is 8.73. The molecule has 1 aromatic heterocycles. The van der Waals surface area contributed by atoms with Crippen LogP contribution in [0.4, 0.5) is 0 Å². The van der Waals surface area contributed by atoms with Gasteiger partial charge in [-0.3, -0.25) is 4.79 Å². The molecule has 0 fully saturated rings. The molecule has 0 saturated heterocycles. The van der Waals surface area contributed by atoms with Gasteiger partial charge in [0.1, 0.15) is 11.5 Å². The first-order valence-corrected chi connectivity index (χ1v) is 9.48. The summed E-state index contributed by atoms with van der Waals surface area (Å²) in [6.07, 6.45) is -0.297. The van der Waals surface area contributed by atoms with Gasteiger partial charge in [0, 0.05) is 18.7 Å². The zero-order valence-corrected chi connectivity index (χ0v) is 16.3. The second-order valence-electron chi connectivity index (χ2n) is 5.92. The Morgan fingerprint density at radius 2 is 1.85 bits per heavy atom. The maximum atomic E-state index is 12.3. The molecular weight excluding hydrogens is 362 g/mol. The molecular formula is C20H21N3O3S. The molecule has 0 aliphatic rings. The van der Waals surface area contributed by atoms with E-state index in [1.807, 2.05) is 73.1 Å². The summed E-state index contributed by atoms with van der Waals surface area (Å²) in [5, 5.41) is 9.10. The molecule has 0 N–H and O–H groups in total. The van der Waals surface area contributed by atoms with Crippen LogP contribution in [0.2, 0.25) is 0 Å². The van der Waals surface area contributed by atoms with E-state index in [2.05, 4.69) is 10.2 Å². The summed E-state index contributed by atoms with van der Waals surface area (Å²) < 4.78 is 13.0. The van der Waals surface area contributed by atoms with Crippen molar-refractivity contribution in [1.29, 1.82) is 0 Å². The number of nitrogens with zero attached hydrogens (tertiary/aromatic N) is 3. The Morgan fingerprint density at radius 3 is 2.59 bits per heavy atom. The van der Waals surface area contributed by atoms with Gasteiger partial charge in [-0.25, -0.2) is 0 Å². The third kappa shape index (κ3) is 4.68. The van der Waals surface area contributed by atoms with Gasteiger partial charge in [-0.05, 0) is 19.1 Å². The van der Waals surface area contributed by atoms with Crippen LogP contribution in [-0.2, 0) is 7.05 Å². The molecule has 0 aliphatic carbocycles. The van der Waals surface area contributed by atoms with Gasteiger partial charge in [0.15, 0.2) is 22.9 Å². The highest BCUT2D eigenvalue weighted by molar-refractivity contribution is 7.99. The maximum Gasteiger partial charge on any atom is 0.191 e. The lowest BCUT2D eigenvalue weighted by Crippen LogP contribution is -2.10. The van der Waals surface area contributed by atoms with Crippen molar-refractivity contribution in [2.24, 2.45) is 7.05 Å². The number of hydrogen-bond donors (Lipinski definition) is 0. The van der Waals surface area contributed by atoms with Crippen LogP contribution in [0.3, 0.4) is 0 Å². The number of Topliss-reactive ketones (excluding diaryl/α,β-unsaturated/α-hetero) is 1. The smallest absolute Gasteiger partial charge is 0.191 e. The Hall–Kier alpha value is -2.80. The average molecular weight is 383 g/mol. The summed E-state index contributed by atoms with van der Waals surface area (Å²) in [4.78, 5) is 12.3. The van der Waals surface area contributed by atoms with Crippen LogP contribution in [0.15, 0.2) is 59.8 Å². The highest BCUT2D eigenvalue weighted by Crippen LogP contribution is 2.26. The number of rotatable bonds is 8. The van der Waals surface area contributed by atoms with Crippen molar-refractivity contribution in [3.05, 3.63) is 66.0 Å². The molecule has 2 aromatic carbocycles. The number of thioether (sulfide) groups is 1. The lowest BCUT2D eigenvalue weighted by atomic mass is 10.2. The van der Waals surface area contributed by atoms with Crippen molar-refractivity contribution < 1.29 is 14.3 Å². The van der Waals surface area contributed by atoms with E-state index >= 15 is 0 Å². The molecule has 6 nitrogen and oxygen atoms in total. The van der Waals surface area contributed by atoms with Crippen LogP contribution in [0.5, 0.6) is 11.5 Å². The Morgan fingerprint density at radius 1 is 1.11 bits per heavy atom. The van der Waals surface area contributed by atoms with Gasteiger partial charge in [0.05, 0.1) is 12.9 Å². The van der Waals surface area contributed by atoms with Crippen molar-refractivity contribution in [2.45, 2.75) is 18.2 Å². The predicted molar refractivity (Wildman–Crippen MR) is 105 cm³/mol. The summed E-state index contributed by atoms with van der Waals surface area (Å²) >= 11 is 1.36. The lowest BCUT2D eigenvalue weighted by molar-refractivity contribution is 0.102. The van der Waals surface area contributed by atoms with E-state index in [-0.39, 0.29) is 11.9 Å². The van der Waals surface area contributed by atoms with Crippen molar-refractivity contribution >= 4 is 17.5 Å². The van der Waals surface area contributed by atoms with Crippen LogP contribution in [0, 0.1) is 0 Å². The largest absolute Gasteiger partial charge is 0.497 e. The van der Waals surface area contributed by atoms with E-state index in [0.29, 0.717) is 28.0 Å². The zero-order valence-electron chi connectivity index (χ0n) is 15.5. The van der Waals surface area contributed by atoms with E-state index in [4.69, 9.17) is 9.47 Å². The first kappa shape index (κ1) is 19.0. The minimum absolute atomic E-state index is 0.0610. The highest BCUT2D eigenvalue weighted by atomic mass is 32.2. The molecule has 1 atom stereocenters. The third-order valence-corrected chi connectivity index (χ3v) is 5.03. The Bertz CT molecular complexity index is 912. The number of aromatic nitrogens is 3. The topological polar surface area (TPSA) is 66.2 Å². The van der Waals surface area contributed by atoms with Crippen LogP contribution in [0.1, 0.15) is 29.2 Å². The standard InChI is InChI=1S/C20H21N3O3S/c1-14(26-17-11-7-10-16(12-17)25-3)19-21-22-20(23(19)2)27-13-18(24)15-8-5-4-6-9-15/h4-12,14H,13H2,1-3H3. The van der Waals surface area contributed by atoms with E-state index in [0.717, 1.165) is 5.75 Å². The number of ketones is 1. The molecule has 3 rings (SSSR count). The van der Waals surface area contributed by atoms with Crippen molar-refractivity contribution in [3.8, 4) is 11.5 Å². The van der Waals surface area contributed by atoms with Crippen LogP contribution >= 0.6 is 11.8 Å². The fourth-order valence-electron chi connectivity index (χ4n) is 2.57. The monoisotopic (exact) mass is 383 g/mol.